The fourth-order valence-corrected chi connectivity index (χ4v) is 4.56. The van der Waals surface area contributed by atoms with E-state index in [-0.39, 0.29) is 11.7 Å². The molecule has 0 fully saturated rings. The fourth-order valence-electron chi connectivity index (χ4n) is 3.58. The Morgan fingerprint density at radius 1 is 1.23 bits per heavy atom. The van der Waals surface area contributed by atoms with Gasteiger partial charge in [0.2, 0.25) is 0 Å². The number of furan rings is 1. The van der Waals surface area contributed by atoms with Crippen molar-refractivity contribution in [3.05, 3.63) is 77.3 Å². The van der Waals surface area contributed by atoms with E-state index in [0.29, 0.717) is 39.9 Å². The molecule has 1 aromatic heterocycles. The summed E-state index contributed by atoms with van der Waals surface area (Å²) in [6.45, 7) is 3.65. The second-order valence-corrected chi connectivity index (χ2v) is 8.55. The number of aryl methyl sites for hydroxylation is 1. The predicted octanol–water partition coefficient (Wildman–Crippen LogP) is 5.31. The highest BCUT2D eigenvalue weighted by molar-refractivity contribution is 8.13. The number of hydrogen-bond acceptors (Lipinski definition) is 5. The zero-order valence-corrected chi connectivity index (χ0v) is 17.6. The van der Waals surface area contributed by atoms with Gasteiger partial charge < -0.3 is 15.5 Å². The number of nitrogens with two attached hydrogens (primary N) is 1. The minimum atomic E-state index is -0.762. The van der Waals surface area contributed by atoms with Crippen molar-refractivity contribution >= 4 is 28.5 Å². The van der Waals surface area contributed by atoms with Gasteiger partial charge >= 0.3 is 0 Å². The standard InChI is InChI=1S/C23H22FN3O2S/c1-14-12-17(20(29-14)15-6-4-3-5-7-15)21(28)26-16-8-9-19(24)18(13-16)23(2)10-11-30-22(25)27-23/h3-9,12-13H,10-11H2,1-2H3,(H2,25,27)(H,26,28). The van der Waals surface area contributed by atoms with E-state index >= 15 is 0 Å². The number of hydrogen-bond donors (Lipinski definition) is 2. The number of carbonyl (C=O) groups is 1. The molecule has 154 valence electrons. The van der Waals surface area contributed by atoms with Crippen LogP contribution in [0.3, 0.4) is 0 Å². The Bertz CT molecular complexity index is 1130. The van der Waals surface area contributed by atoms with Gasteiger partial charge in [0.1, 0.15) is 17.3 Å². The minimum absolute atomic E-state index is 0.323. The molecule has 3 N–H and O–H groups in total. The number of carbonyl (C=O) groups excluding carboxylic acids is 1. The van der Waals surface area contributed by atoms with E-state index in [4.69, 9.17) is 10.2 Å². The summed E-state index contributed by atoms with van der Waals surface area (Å²) in [6.07, 6.45) is 0.658. The average molecular weight is 424 g/mol. The molecule has 5 nitrogen and oxygen atoms in total. The number of rotatable bonds is 4. The van der Waals surface area contributed by atoms with E-state index in [1.54, 1.807) is 25.1 Å². The molecule has 0 bridgehead atoms. The molecule has 4 rings (SSSR count). The maximum atomic E-state index is 14.6. The molecule has 2 aromatic carbocycles. The first kappa shape index (κ1) is 20.2. The number of benzene rings is 2. The first-order valence-electron chi connectivity index (χ1n) is 9.61. The number of amidine groups is 1. The SMILES string of the molecule is Cc1cc(C(=O)Nc2ccc(F)c(C3(C)CCSC(N)=N3)c2)c(-c2ccccc2)o1. The summed E-state index contributed by atoms with van der Waals surface area (Å²) < 4.78 is 20.4. The van der Waals surface area contributed by atoms with Crippen LogP contribution in [0.1, 0.15) is 35.0 Å². The zero-order chi connectivity index (χ0) is 21.3. The van der Waals surface area contributed by atoms with Gasteiger partial charge in [-0.05, 0) is 44.5 Å². The molecular weight excluding hydrogens is 401 g/mol. The molecule has 0 saturated heterocycles. The average Bonchev–Trinajstić information content (AvgIpc) is 3.12. The number of anilines is 1. The first-order chi connectivity index (χ1) is 14.4. The quantitative estimate of drug-likeness (QED) is 0.596. The Kier molecular flexibility index (Phi) is 5.39. The number of thioether (sulfide) groups is 1. The molecule has 30 heavy (non-hydrogen) atoms. The molecule has 3 aromatic rings. The molecule has 1 amide bonds. The highest BCUT2D eigenvalue weighted by Crippen LogP contribution is 2.37. The van der Waals surface area contributed by atoms with Gasteiger partial charge in [0, 0.05) is 22.6 Å². The number of halogens is 1. The van der Waals surface area contributed by atoms with Gasteiger partial charge in [-0.15, -0.1) is 0 Å². The monoisotopic (exact) mass is 423 g/mol. The van der Waals surface area contributed by atoms with Gasteiger partial charge in [-0.25, -0.2) is 4.39 Å². The Balaban J connectivity index is 1.65. The third-order valence-corrected chi connectivity index (χ3v) is 5.93. The van der Waals surface area contributed by atoms with Crippen molar-refractivity contribution in [2.24, 2.45) is 10.7 Å². The molecule has 0 aliphatic carbocycles. The Hall–Kier alpha value is -3.06. The van der Waals surface area contributed by atoms with Crippen LogP contribution < -0.4 is 11.1 Å². The van der Waals surface area contributed by atoms with Gasteiger partial charge in [0.05, 0.1) is 11.1 Å². The molecule has 2 heterocycles. The normalized spacial score (nSPS) is 18.7. The van der Waals surface area contributed by atoms with Gasteiger partial charge in [-0.2, -0.15) is 0 Å². The van der Waals surface area contributed by atoms with Crippen LogP contribution in [0.15, 0.2) is 64.0 Å². The van der Waals surface area contributed by atoms with Gasteiger partial charge in [-0.1, -0.05) is 42.1 Å². The second-order valence-electron chi connectivity index (χ2n) is 7.44. The van der Waals surface area contributed by atoms with E-state index in [0.717, 1.165) is 11.3 Å². The van der Waals surface area contributed by atoms with Crippen molar-refractivity contribution in [3.8, 4) is 11.3 Å². The summed E-state index contributed by atoms with van der Waals surface area (Å²) in [5, 5.41) is 3.31. The van der Waals surface area contributed by atoms with E-state index in [2.05, 4.69) is 10.3 Å². The van der Waals surface area contributed by atoms with Crippen LogP contribution in [-0.2, 0) is 5.54 Å². The van der Waals surface area contributed by atoms with Crippen molar-refractivity contribution < 1.29 is 13.6 Å². The Morgan fingerprint density at radius 2 is 2.00 bits per heavy atom. The second kappa shape index (κ2) is 7.99. The van der Waals surface area contributed by atoms with Crippen LogP contribution in [-0.4, -0.2) is 16.8 Å². The van der Waals surface area contributed by atoms with Crippen LogP contribution in [0.2, 0.25) is 0 Å². The summed E-state index contributed by atoms with van der Waals surface area (Å²) in [7, 11) is 0. The van der Waals surface area contributed by atoms with Gasteiger partial charge in [-0.3, -0.25) is 9.79 Å². The summed E-state index contributed by atoms with van der Waals surface area (Å²) >= 11 is 1.46. The maximum absolute atomic E-state index is 14.6. The molecule has 1 aliphatic heterocycles. The fraction of sp³-hybridized carbons (Fsp3) is 0.217. The first-order valence-corrected chi connectivity index (χ1v) is 10.6. The van der Waals surface area contributed by atoms with Gasteiger partial charge in [0.25, 0.3) is 5.91 Å². The topological polar surface area (TPSA) is 80.6 Å². The number of amides is 1. The summed E-state index contributed by atoms with van der Waals surface area (Å²) in [5.74, 6) is 1.20. The maximum Gasteiger partial charge on any atom is 0.259 e. The van der Waals surface area contributed by atoms with Crippen LogP contribution in [0.25, 0.3) is 11.3 Å². The van der Waals surface area contributed by atoms with Crippen molar-refractivity contribution in [1.82, 2.24) is 0 Å². The molecular formula is C23H22FN3O2S. The zero-order valence-electron chi connectivity index (χ0n) is 16.7. The van der Waals surface area contributed by atoms with Crippen LogP contribution in [0.4, 0.5) is 10.1 Å². The largest absolute Gasteiger partial charge is 0.461 e. The molecule has 0 spiro atoms. The van der Waals surface area contributed by atoms with Crippen molar-refractivity contribution in [1.29, 1.82) is 0 Å². The third kappa shape index (κ3) is 3.98. The smallest absolute Gasteiger partial charge is 0.259 e. The third-order valence-electron chi connectivity index (χ3n) is 5.14. The Morgan fingerprint density at radius 3 is 2.73 bits per heavy atom. The molecule has 1 aliphatic rings. The molecule has 7 heteroatoms. The number of aliphatic imine (C=N–C) groups is 1. The Labute approximate surface area is 178 Å². The van der Waals surface area contributed by atoms with Crippen molar-refractivity contribution in [3.63, 3.8) is 0 Å². The van der Waals surface area contributed by atoms with Crippen molar-refractivity contribution in [2.45, 2.75) is 25.8 Å². The van der Waals surface area contributed by atoms with Crippen LogP contribution in [0, 0.1) is 12.7 Å². The lowest BCUT2D eigenvalue weighted by atomic mass is 9.89. The lowest BCUT2D eigenvalue weighted by Crippen LogP contribution is -2.29. The summed E-state index contributed by atoms with van der Waals surface area (Å²) in [6, 6.07) is 15.7. The molecule has 1 unspecified atom stereocenters. The highest BCUT2D eigenvalue weighted by atomic mass is 32.2. The van der Waals surface area contributed by atoms with E-state index in [9.17, 15) is 9.18 Å². The van der Waals surface area contributed by atoms with Crippen molar-refractivity contribution in [2.75, 3.05) is 11.1 Å². The summed E-state index contributed by atoms with van der Waals surface area (Å²) in [4.78, 5) is 17.5. The molecule has 0 saturated carbocycles. The highest BCUT2D eigenvalue weighted by Gasteiger charge is 2.32. The van der Waals surface area contributed by atoms with Gasteiger partial charge in [0.15, 0.2) is 5.17 Å². The van der Waals surface area contributed by atoms with E-state index < -0.39 is 5.54 Å². The predicted molar refractivity (Wildman–Crippen MR) is 119 cm³/mol. The van der Waals surface area contributed by atoms with Crippen LogP contribution >= 0.6 is 11.8 Å². The molecule has 1 atom stereocenters. The summed E-state index contributed by atoms with van der Waals surface area (Å²) in [5.41, 5.74) is 7.25. The van der Waals surface area contributed by atoms with E-state index in [1.165, 1.54) is 17.8 Å². The number of nitrogens with one attached hydrogen (secondary N) is 1. The van der Waals surface area contributed by atoms with Crippen LogP contribution in [0.5, 0.6) is 0 Å². The lowest BCUT2D eigenvalue weighted by Gasteiger charge is -2.30. The number of nitrogens with zero attached hydrogens (tertiary/aromatic N) is 1. The lowest BCUT2D eigenvalue weighted by molar-refractivity contribution is 0.102. The van der Waals surface area contributed by atoms with E-state index in [1.807, 2.05) is 37.3 Å². The molecule has 0 radical (unpaired) electrons. The minimum Gasteiger partial charge on any atom is -0.461 e.